The predicted octanol–water partition coefficient (Wildman–Crippen LogP) is 6.06. The van der Waals surface area contributed by atoms with Crippen LogP contribution in [0.15, 0.2) is 30.3 Å². The van der Waals surface area contributed by atoms with Crippen molar-refractivity contribution in [2.24, 2.45) is 11.7 Å². The first-order chi connectivity index (χ1) is 19.0. The molecule has 8 heteroatoms. The van der Waals surface area contributed by atoms with E-state index in [2.05, 4.69) is 12.2 Å². The molecule has 0 spiro atoms. The number of halogens is 2. The fourth-order valence-corrected chi connectivity index (χ4v) is 6.08. The Morgan fingerprint density at radius 2 is 1.62 bits per heavy atom. The van der Waals surface area contributed by atoms with E-state index in [0.717, 1.165) is 38.2 Å². The molecule has 1 aliphatic rings. The maximum absolute atomic E-state index is 14.0. The van der Waals surface area contributed by atoms with Gasteiger partial charge in [0.2, 0.25) is 0 Å². The summed E-state index contributed by atoms with van der Waals surface area (Å²) in [6.07, 6.45) is 6.06. The molecule has 0 radical (unpaired) electrons. The maximum Gasteiger partial charge on any atom is 0.336 e. The first-order valence-corrected chi connectivity index (χ1v) is 14.7. The van der Waals surface area contributed by atoms with Crippen LogP contribution in [0.4, 0.5) is 8.78 Å². The van der Waals surface area contributed by atoms with Crippen LogP contribution in [0.5, 0.6) is 0 Å². The number of hydrogen-bond acceptors (Lipinski definition) is 4. The van der Waals surface area contributed by atoms with Gasteiger partial charge in [0.05, 0.1) is 5.56 Å². The van der Waals surface area contributed by atoms with Crippen molar-refractivity contribution in [1.82, 2.24) is 10.2 Å². The number of rotatable bonds is 13. The Morgan fingerprint density at radius 3 is 2.20 bits per heavy atom. The summed E-state index contributed by atoms with van der Waals surface area (Å²) in [6, 6.07) is 6.19. The van der Waals surface area contributed by atoms with Crippen molar-refractivity contribution < 1.29 is 23.5 Å². The molecule has 40 heavy (non-hydrogen) atoms. The number of nitrogens with zero attached hydrogens (tertiary/aromatic N) is 1. The Balaban J connectivity index is 2.13. The molecule has 2 aromatic rings. The van der Waals surface area contributed by atoms with Gasteiger partial charge >= 0.3 is 5.97 Å². The number of carboxylic acid groups (broad SMARTS) is 1. The van der Waals surface area contributed by atoms with Crippen LogP contribution in [0.3, 0.4) is 0 Å². The number of carbonyl (C=O) groups is 2. The third kappa shape index (κ3) is 8.10. The summed E-state index contributed by atoms with van der Waals surface area (Å²) in [6.45, 7) is 9.45. The Bertz CT molecular complexity index is 1150. The van der Waals surface area contributed by atoms with Gasteiger partial charge in [0.1, 0.15) is 11.6 Å². The summed E-state index contributed by atoms with van der Waals surface area (Å²) in [5.41, 5.74) is 8.63. The first-order valence-electron chi connectivity index (χ1n) is 14.7. The number of nitrogens with two attached hydrogens (primary N) is 1. The van der Waals surface area contributed by atoms with E-state index in [1.165, 1.54) is 18.6 Å². The maximum atomic E-state index is 14.0. The molecule has 6 nitrogen and oxygen atoms in total. The minimum absolute atomic E-state index is 0.0423. The van der Waals surface area contributed by atoms with Crippen molar-refractivity contribution in [2.75, 3.05) is 19.6 Å². The highest BCUT2D eigenvalue weighted by Gasteiger charge is 2.33. The third-order valence-corrected chi connectivity index (χ3v) is 8.05. The zero-order chi connectivity index (χ0) is 29.4. The fraction of sp³-hybridized carbons (Fsp3) is 0.562. The molecule has 0 heterocycles. The second-order valence-electron chi connectivity index (χ2n) is 11.4. The van der Waals surface area contributed by atoms with E-state index in [1.54, 1.807) is 24.0 Å². The van der Waals surface area contributed by atoms with Crippen molar-refractivity contribution >= 4 is 11.9 Å². The second kappa shape index (κ2) is 14.7. The molecule has 4 N–H and O–H groups in total. The number of aryl methyl sites for hydroxylation is 1. The van der Waals surface area contributed by atoms with Gasteiger partial charge in [-0.05, 0) is 85.9 Å². The Morgan fingerprint density at radius 1 is 1.02 bits per heavy atom. The van der Waals surface area contributed by atoms with Crippen molar-refractivity contribution in [2.45, 2.75) is 90.6 Å². The highest BCUT2D eigenvalue weighted by Crippen LogP contribution is 2.32. The van der Waals surface area contributed by atoms with Crippen LogP contribution in [0.25, 0.3) is 0 Å². The number of benzene rings is 2. The van der Waals surface area contributed by atoms with E-state index in [-0.39, 0.29) is 23.9 Å². The van der Waals surface area contributed by atoms with E-state index in [1.807, 2.05) is 13.8 Å². The summed E-state index contributed by atoms with van der Waals surface area (Å²) in [7, 11) is 0. The molecular weight excluding hydrogens is 512 g/mol. The van der Waals surface area contributed by atoms with Crippen molar-refractivity contribution in [3.05, 3.63) is 69.8 Å². The average Bonchev–Trinajstić information content (AvgIpc) is 2.88. The van der Waals surface area contributed by atoms with E-state index in [9.17, 15) is 23.5 Å². The molecule has 3 rings (SSSR count). The van der Waals surface area contributed by atoms with E-state index in [0.29, 0.717) is 47.8 Å². The largest absolute Gasteiger partial charge is 0.478 e. The average molecular weight is 558 g/mol. The topological polar surface area (TPSA) is 95.7 Å². The number of carbonyl (C=O) groups excluding carboxylic acids is 1. The van der Waals surface area contributed by atoms with Gasteiger partial charge in [0.15, 0.2) is 0 Å². The molecule has 1 saturated carbocycles. The monoisotopic (exact) mass is 557 g/mol. The van der Waals surface area contributed by atoms with Gasteiger partial charge in [-0.1, -0.05) is 33.6 Å². The number of amides is 1. The lowest BCUT2D eigenvalue weighted by Crippen LogP contribution is -2.45. The van der Waals surface area contributed by atoms with Crippen molar-refractivity contribution in [1.29, 1.82) is 0 Å². The lowest BCUT2D eigenvalue weighted by molar-refractivity contribution is 0.0694. The lowest BCUT2D eigenvalue weighted by Gasteiger charge is -2.34. The molecule has 0 aromatic heterocycles. The highest BCUT2D eigenvalue weighted by molar-refractivity contribution is 6.00. The Labute approximate surface area is 237 Å². The van der Waals surface area contributed by atoms with E-state index < -0.39 is 29.6 Å². The van der Waals surface area contributed by atoms with Crippen molar-refractivity contribution in [3.63, 3.8) is 0 Å². The third-order valence-electron chi connectivity index (χ3n) is 8.05. The molecule has 220 valence electrons. The Hall–Kier alpha value is -2.84. The van der Waals surface area contributed by atoms with Crippen molar-refractivity contribution in [3.8, 4) is 0 Å². The molecule has 0 bridgehead atoms. The molecule has 0 aliphatic heterocycles. The van der Waals surface area contributed by atoms with Crippen LogP contribution >= 0.6 is 0 Å². The number of hydrogen-bond donors (Lipinski definition) is 3. The number of carboxylic acids is 1. The summed E-state index contributed by atoms with van der Waals surface area (Å²) < 4.78 is 28.1. The van der Waals surface area contributed by atoms with Gasteiger partial charge in [0, 0.05) is 49.3 Å². The lowest BCUT2D eigenvalue weighted by atomic mass is 9.80. The van der Waals surface area contributed by atoms with E-state index in [4.69, 9.17) is 5.73 Å². The molecule has 4 atom stereocenters. The summed E-state index contributed by atoms with van der Waals surface area (Å²) in [5, 5.41) is 13.9. The summed E-state index contributed by atoms with van der Waals surface area (Å²) in [5.74, 6) is -2.88. The zero-order valence-electron chi connectivity index (χ0n) is 24.3. The SMILES string of the molecule is CCCN(CCC)C(=O)c1cc(C)cc(C(=O)O)c1[C@H](CNC1CCCCC1C)[C@@H](N)Cc1cc(F)cc(F)c1. The van der Waals surface area contributed by atoms with Crippen LogP contribution in [0.1, 0.15) is 103 Å². The molecule has 1 fully saturated rings. The number of nitrogens with one attached hydrogen (secondary N) is 1. The fourth-order valence-electron chi connectivity index (χ4n) is 6.08. The number of aromatic carboxylic acids is 1. The molecule has 1 amide bonds. The minimum Gasteiger partial charge on any atom is -0.478 e. The minimum atomic E-state index is -1.13. The van der Waals surface area contributed by atoms with Crippen LogP contribution in [0, 0.1) is 24.5 Å². The van der Waals surface area contributed by atoms with Crippen LogP contribution < -0.4 is 11.1 Å². The smallest absolute Gasteiger partial charge is 0.336 e. The summed E-state index contributed by atoms with van der Waals surface area (Å²) in [4.78, 5) is 28.4. The van der Waals surface area contributed by atoms with Crippen LogP contribution in [-0.4, -0.2) is 53.6 Å². The predicted molar refractivity (Wildman–Crippen MR) is 155 cm³/mol. The molecule has 2 aromatic carbocycles. The van der Waals surface area contributed by atoms with Gasteiger partial charge in [-0.25, -0.2) is 13.6 Å². The van der Waals surface area contributed by atoms with Gasteiger partial charge in [0.25, 0.3) is 5.91 Å². The molecule has 0 saturated heterocycles. The molecule has 2 unspecified atom stereocenters. The summed E-state index contributed by atoms with van der Waals surface area (Å²) >= 11 is 0. The van der Waals surface area contributed by atoms with Gasteiger partial charge in [-0.3, -0.25) is 4.79 Å². The van der Waals surface area contributed by atoms with Gasteiger partial charge in [-0.2, -0.15) is 0 Å². The van der Waals surface area contributed by atoms with Gasteiger partial charge < -0.3 is 21.1 Å². The molecular formula is C32H45F2N3O3. The first kappa shape index (κ1) is 31.7. The normalized spacial score (nSPS) is 18.8. The Kier molecular flexibility index (Phi) is 11.6. The zero-order valence-corrected chi connectivity index (χ0v) is 24.3. The van der Waals surface area contributed by atoms with Crippen LogP contribution in [0.2, 0.25) is 0 Å². The van der Waals surface area contributed by atoms with Crippen LogP contribution in [-0.2, 0) is 6.42 Å². The molecule has 1 aliphatic carbocycles. The van der Waals surface area contributed by atoms with E-state index >= 15 is 0 Å². The standard InChI is InChI=1S/C32H45F2N3O3/c1-5-11-37(12-6-2)31(38)25-13-20(3)14-26(32(39)40)30(25)27(19-36-29-10-8-7-9-21(29)4)28(35)17-22-15-23(33)18-24(34)16-22/h13-16,18,21,27-29,36H,5-12,17,19,35H2,1-4H3,(H,39,40)/t21?,27-,28+,29?/m1/s1. The highest BCUT2D eigenvalue weighted by atomic mass is 19.1. The quantitative estimate of drug-likeness (QED) is 0.278. The van der Waals surface area contributed by atoms with Gasteiger partial charge in [-0.15, -0.1) is 0 Å². The second-order valence-corrected chi connectivity index (χ2v) is 11.4.